The van der Waals surface area contributed by atoms with Gasteiger partial charge in [-0.1, -0.05) is 23.2 Å². The number of halogens is 2. The van der Waals surface area contributed by atoms with E-state index in [1.165, 1.54) is 42.5 Å². The van der Waals surface area contributed by atoms with Crippen molar-refractivity contribution in [3.63, 3.8) is 0 Å². The molecule has 0 heterocycles. The number of amides is 1. The number of hydrogen-bond donors (Lipinski definition) is 2. The lowest BCUT2D eigenvalue weighted by atomic mass is 10.2. The molecule has 0 unspecified atom stereocenters. The van der Waals surface area contributed by atoms with Crippen LogP contribution < -0.4 is 10.0 Å². The van der Waals surface area contributed by atoms with Gasteiger partial charge in [0.1, 0.15) is 4.90 Å². The first kappa shape index (κ1) is 23.4. The summed E-state index contributed by atoms with van der Waals surface area (Å²) in [6, 6.07) is 10.2. The number of ether oxygens (including phenoxy) is 2. The van der Waals surface area contributed by atoms with E-state index in [2.05, 4.69) is 10.0 Å². The molecule has 0 radical (unpaired) electrons. The molecule has 0 spiro atoms. The highest BCUT2D eigenvalue weighted by Gasteiger charge is 2.18. The smallest absolute Gasteiger partial charge is 0.263 e. The lowest BCUT2D eigenvalue weighted by Crippen LogP contribution is -2.25. The summed E-state index contributed by atoms with van der Waals surface area (Å²) < 4.78 is 37.6. The fourth-order valence-electron chi connectivity index (χ4n) is 2.31. The molecule has 0 aliphatic carbocycles. The molecule has 2 aromatic carbocycles. The fourth-order valence-corrected chi connectivity index (χ4v) is 4.13. The maximum absolute atomic E-state index is 12.5. The Labute approximate surface area is 180 Å². The van der Waals surface area contributed by atoms with Gasteiger partial charge in [0, 0.05) is 36.5 Å². The molecule has 158 valence electrons. The van der Waals surface area contributed by atoms with Gasteiger partial charge in [0.15, 0.2) is 0 Å². The van der Waals surface area contributed by atoms with E-state index in [1.807, 2.05) is 0 Å². The number of anilines is 1. The van der Waals surface area contributed by atoms with Crippen LogP contribution in [0, 0.1) is 0 Å². The molecule has 0 atom stereocenters. The topological polar surface area (TPSA) is 93.7 Å². The lowest BCUT2D eigenvalue weighted by Gasteiger charge is -2.11. The van der Waals surface area contributed by atoms with Crippen LogP contribution in [0.5, 0.6) is 0 Å². The molecular weight excluding hydrogens is 439 g/mol. The molecular formula is C19H22Cl2N2O5S. The Kier molecular flexibility index (Phi) is 9.19. The molecule has 0 bridgehead atoms. The van der Waals surface area contributed by atoms with Gasteiger partial charge < -0.3 is 14.8 Å². The summed E-state index contributed by atoms with van der Waals surface area (Å²) in [6.45, 7) is 2.04. The van der Waals surface area contributed by atoms with Gasteiger partial charge in [-0.05, 0) is 48.9 Å². The summed E-state index contributed by atoms with van der Waals surface area (Å²) in [6.07, 6.45) is 0.674. The van der Waals surface area contributed by atoms with Crippen LogP contribution in [0.15, 0.2) is 47.4 Å². The minimum Gasteiger partial charge on any atom is -0.382 e. The van der Waals surface area contributed by atoms with E-state index >= 15 is 0 Å². The van der Waals surface area contributed by atoms with E-state index in [1.54, 1.807) is 7.11 Å². The molecule has 0 aliphatic rings. The molecule has 0 saturated heterocycles. The molecule has 10 heteroatoms. The second-order valence-corrected chi connectivity index (χ2v) is 8.47. The minimum absolute atomic E-state index is 0.0593. The number of hydrogen-bond acceptors (Lipinski definition) is 5. The van der Waals surface area contributed by atoms with Crippen molar-refractivity contribution in [1.82, 2.24) is 5.32 Å². The van der Waals surface area contributed by atoms with Crippen molar-refractivity contribution >= 4 is 44.8 Å². The van der Waals surface area contributed by atoms with Crippen molar-refractivity contribution in [2.24, 2.45) is 0 Å². The molecule has 7 nitrogen and oxygen atoms in total. The van der Waals surface area contributed by atoms with Crippen LogP contribution in [0.2, 0.25) is 10.0 Å². The van der Waals surface area contributed by atoms with Crippen LogP contribution in [0.4, 0.5) is 5.69 Å². The summed E-state index contributed by atoms with van der Waals surface area (Å²) in [5.74, 6) is -0.255. The van der Waals surface area contributed by atoms with Gasteiger partial charge in [-0.25, -0.2) is 8.42 Å². The van der Waals surface area contributed by atoms with Crippen molar-refractivity contribution in [3.8, 4) is 0 Å². The zero-order valence-corrected chi connectivity index (χ0v) is 18.1. The van der Waals surface area contributed by atoms with Gasteiger partial charge in [0.05, 0.1) is 18.2 Å². The Balaban J connectivity index is 1.89. The SMILES string of the molecule is COCCOCCCNC(=O)c1ccc(NS(=O)(=O)c2cc(Cl)ccc2Cl)cc1. The summed E-state index contributed by atoms with van der Waals surface area (Å²) in [7, 11) is -2.31. The van der Waals surface area contributed by atoms with Crippen LogP contribution in [0.3, 0.4) is 0 Å². The maximum Gasteiger partial charge on any atom is 0.263 e. The van der Waals surface area contributed by atoms with Crippen LogP contribution in [0.1, 0.15) is 16.8 Å². The van der Waals surface area contributed by atoms with Crippen LogP contribution in [-0.2, 0) is 19.5 Å². The van der Waals surface area contributed by atoms with Gasteiger partial charge in [-0.2, -0.15) is 0 Å². The average Bonchev–Trinajstić information content (AvgIpc) is 2.69. The van der Waals surface area contributed by atoms with E-state index in [0.29, 0.717) is 44.0 Å². The highest BCUT2D eigenvalue weighted by Crippen LogP contribution is 2.26. The first-order valence-corrected chi connectivity index (χ1v) is 11.0. The molecule has 1 amide bonds. The van der Waals surface area contributed by atoms with E-state index in [9.17, 15) is 13.2 Å². The number of benzene rings is 2. The predicted molar refractivity (Wildman–Crippen MR) is 113 cm³/mol. The largest absolute Gasteiger partial charge is 0.382 e. The maximum atomic E-state index is 12.5. The number of sulfonamides is 1. The van der Waals surface area contributed by atoms with E-state index in [0.717, 1.165) is 0 Å². The summed E-state index contributed by atoms with van der Waals surface area (Å²) in [5.41, 5.74) is 0.707. The third-order valence-electron chi connectivity index (χ3n) is 3.76. The van der Waals surface area contributed by atoms with Crippen molar-refractivity contribution in [2.75, 3.05) is 38.2 Å². The minimum atomic E-state index is -3.92. The zero-order valence-electron chi connectivity index (χ0n) is 15.8. The van der Waals surface area contributed by atoms with Gasteiger partial charge in [-0.3, -0.25) is 9.52 Å². The summed E-state index contributed by atoms with van der Waals surface area (Å²) >= 11 is 11.8. The Morgan fingerprint density at radius 1 is 1.03 bits per heavy atom. The number of carbonyl (C=O) groups excluding carboxylic acids is 1. The molecule has 0 fully saturated rings. The first-order valence-electron chi connectivity index (χ1n) is 8.76. The van der Waals surface area contributed by atoms with Gasteiger partial charge in [0.2, 0.25) is 0 Å². The van der Waals surface area contributed by atoms with E-state index in [-0.39, 0.29) is 20.8 Å². The van der Waals surface area contributed by atoms with Crippen LogP contribution in [0.25, 0.3) is 0 Å². The molecule has 0 aliphatic heterocycles. The first-order chi connectivity index (χ1) is 13.8. The highest BCUT2D eigenvalue weighted by molar-refractivity contribution is 7.92. The zero-order chi connectivity index (χ0) is 21.3. The molecule has 0 aromatic heterocycles. The second kappa shape index (κ2) is 11.4. The summed E-state index contributed by atoms with van der Waals surface area (Å²) in [4.78, 5) is 12.0. The molecule has 29 heavy (non-hydrogen) atoms. The monoisotopic (exact) mass is 460 g/mol. The van der Waals surface area contributed by atoms with Gasteiger partial charge >= 0.3 is 0 Å². The van der Waals surface area contributed by atoms with Gasteiger partial charge in [-0.15, -0.1) is 0 Å². The fraction of sp³-hybridized carbons (Fsp3) is 0.316. The number of rotatable bonds is 11. The summed E-state index contributed by atoms with van der Waals surface area (Å²) in [5, 5.41) is 3.09. The molecule has 2 N–H and O–H groups in total. The van der Waals surface area contributed by atoms with E-state index in [4.69, 9.17) is 32.7 Å². The van der Waals surface area contributed by atoms with Crippen molar-refractivity contribution < 1.29 is 22.7 Å². The number of methoxy groups -OCH3 is 1. The number of carbonyl (C=O) groups is 1. The third kappa shape index (κ3) is 7.49. The van der Waals surface area contributed by atoms with Crippen LogP contribution in [-0.4, -0.2) is 47.8 Å². The lowest BCUT2D eigenvalue weighted by molar-refractivity contribution is 0.0688. The third-order valence-corrected chi connectivity index (χ3v) is 5.86. The molecule has 0 saturated carbocycles. The predicted octanol–water partition coefficient (Wildman–Crippen LogP) is 3.58. The van der Waals surface area contributed by atoms with Crippen molar-refractivity contribution in [2.45, 2.75) is 11.3 Å². The Bertz CT molecular complexity index is 921. The highest BCUT2D eigenvalue weighted by atomic mass is 35.5. The van der Waals surface area contributed by atoms with Crippen molar-refractivity contribution in [3.05, 3.63) is 58.1 Å². The Morgan fingerprint density at radius 2 is 1.76 bits per heavy atom. The van der Waals surface area contributed by atoms with Crippen LogP contribution >= 0.6 is 23.2 Å². The Hall–Kier alpha value is -1.84. The standard InChI is InChI=1S/C19H22Cl2N2O5S/c1-27-11-12-28-10-2-9-22-19(24)14-3-6-16(7-4-14)23-29(25,26)18-13-15(20)5-8-17(18)21/h3-8,13,23H,2,9-12H2,1H3,(H,22,24). The van der Waals surface area contributed by atoms with Crippen molar-refractivity contribution in [1.29, 1.82) is 0 Å². The molecule has 2 aromatic rings. The quantitative estimate of drug-likeness (QED) is 0.499. The normalized spacial score (nSPS) is 11.3. The second-order valence-electron chi connectivity index (χ2n) is 5.97. The molecule has 2 rings (SSSR count). The van der Waals surface area contributed by atoms with Gasteiger partial charge in [0.25, 0.3) is 15.9 Å². The number of nitrogens with one attached hydrogen (secondary N) is 2. The van der Waals surface area contributed by atoms with E-state index < -0.39 is 10.0 Å². The Morgan fingerprint density at radius 3 is 2.45 bits per heavy atom. The average molecular weight is 461 g/mol.